The van der Waals surface area contributed by atoms with Crippen molar-refractivity contribution in [3.05, 3.63) is 69.7 Å². The molecule has 2 aromatic rings. The third-order valence-corrected chi connectivity index (χ3v) is 5.71. The van der Waals surface area contributed by atoms with Crippen molar-refractivity contribution in [2.75, 3.05) is 13.2 Å². The Morgan fingerprint density at radius 1 is 0.968 bits per heavy atom. The highest BCUT2D eigenvalue weighted by molar-refractivity contribution is 6.31. The number of hydrogen-bond donors (Lipinski definition) is 4. The van der Waals surface area contributed by atoms with Crippen LogP contribution in [0.4, 0.5) is 8.78 Å². The Bertz CT molecular complexity index is 848. The normalized spacial score (nSPS) is 26.4. The summed E-state index contributed by atoms with van der Waals surface area (Å²) in [5, 5.41) is 40.2. The van der Waals surface area contributed by atoms with Gasteiger partial charge >= 0.3 is 6.61 Å². The van der Waals surface area contributed by atoms with E-state index in [9.17, 15) is 29.2 Å². The van der Waals surface area contributed by atoms with E-state index in [1.54, 1.807) is 18.2 Å². The van der Waals surface area contributed by atoms with Gasteiger partial charge in [0.1, 0.15) is 30.5 Å². The fourth-order valence-electron chi connectivity index (χ4n) is 3.59. The van der Waals surface area contributed by atoms with Gasteiger partial charge in [-0.3, -0.25) is 0 Å². The first-order chi connectivity index (χ1) is 14.8. The average Bonchev–Trinajstić information content (AvgIpc) is 2.75. The van der Waals surface area contributed by atoms with E-state index in [0.29, 0.717) is 23.4 Å². The molecule has 0 amide bonds. The highest BCUT2D eigenvalue weighted by Gasteiger charge is 2.44. The summed E-state index contributed by atoms with van der Waals surface area (Å²) in [6.45, 7) is -3.35. The molecular weight excluding hydrogens is 434 g/mol. The van der Waals surface area contributed by atoms with Crippen LogP contribution < -0.4 is 0 Å². The third-order valence-electron chi connectivity index (χ3n) is 5.34. The lowest BCUT2D eigenvalue weighted by atomic mass is 9.90. The first kappa shape index (κ1) is 24.0. The quantitative estimate of drug-likeness (QED) is 0.484. The van der Waals surface area contributed by atoms with Crippen LogP contribution >= 0.6 is 11.6 Å². The maximum atomic E-state index is 12.1. The maximum Gasteiger partial charge on any atom is 0.345 e. The van der Waals surface area contributed by atoms with Crippen molar-refractivity contribution in [3.8, 4) is 0 Å². The molecule has 0 aliphatic carbocycles. The SMILES string of the molecule is OC[C@H]1O[C@@H](c2ccc(Cl)c(Cc3ccc(CCOC(F)F)cc3)c2)[C@H](O)C(O)[C@@H]1O. The molecule has 6 nitrogen and oxygen atoms in total. The van der Waals surface area contributed by atoms with Gasteiger partial charge in [0.05, 0.1) is 13.2 Å². The molecule has 31 heavy (non-hydrogen) atoms. The lowest BCUT2D eigenvalue weighted by molar-refractivity contribution is -0.231. The molecule has 0 saturated carbocycles. The average molecular weight is 459 g/mol. The van der Waals surface area contributed by atoms with Crippen molar-refractivity contribution in [1.29, 1.82) is 0 Å². The van der Waals surface area contributed by atoms with E-state index in [2.05, 4.69) is 4.74 Å². The van der Waals surface area contributed by atoms with E-state index < -0.39 is 43.7 Å². The fraction of sp³-hybridized carbons (Fsp3) is 0.455. The second-order valence-corrected chi connectivity index (χ2v) is 7.88. The van der Waals surface area contributed by atoms with Gasteiger partial charge in [0, 0.05) is 5.02 Å². The third kappa shape index (κ3) is 5.98. The van der Waals surface area contributed by atoms with Crippen LogP contribution in [-0.4, -0.2) is 64.7 Å². The molecule has 4 N–H and O–H groups in total. The number of hydrogen-bond acceptors (Lipinski definition) is 6. The molecule has 170 valence electrons. The van der Waals surface area contributed by atoms with Crippen LogP contribution in [0.2, 0.25) is 5.02 Å². The molecule has 0 bridgehead atoms. The van der Waals surface area contributed by atoms with Gasteiger partial charge in [0.15, 0.2) is 0 Å². The fourth-order valence-corrected chi connectivity index (χ4v) is 3.78. The van der Waals surface area contributed by atoms with Gasteiger partial charge in [-0.1, -0.05) is 48.0 Å². The summed E-state index contributed by atoms with van der Waals surface area (Å²) in [7, 11) is 0. The summed E-state index contributed by atoms with van der Waals surface area (Å²) in [5.41, 5.74) is 3.11. The molecule has 1 saturated heterocycles. The van der Waals surface area contributed by atoms with Gasteiger partial charge in [-0.2, -0.15) is 8.78 Å². The minimum absolute atomic E-state index is 0.0655. The Balaban J connectivity index is 1.72. The highest BCUT2D eigenvalue weighted by Crippen LogP contribution is 2.34. The molecule has 1 heterocycles. The van der Waals surface area contributed by atoms with Gasteiger partial charge in [0.2, 0.25) is 0 Å². The van der Waals surface area contributed by atoms with Crippen LogP contribution in [0.5, 0.6) is 0 Å². The molecular formula is C22H25ClF2O6. The Morgan fingerprint density at radius 3 is 2.29 bits per heavy atom. The van der Waals surface area contributed by atoms with Crippen molar-refractivity contribution in [2.45, 2.75) is 50.0 Å². The Kier molecular flexibility index (Phi) is 8.35. The lowest BCUT2D eigenvalue weighted by Crippen LogP contribution is -2.55. The molecule has 0 radical (unpaired) electrons. The number of rotatable bonds is 8. The maximum absolute atomic E-state index is 12.1. The summed E-state index contributed by atoms with van der Waals surface area (Å²) < 4.78 is 34.0. The van der Waals surface area contributed by atoms with Crippen LogP contribution in [0.15, 0.2) is 42.5 Å². The molecule has 2 aromatic carbocycles. The number of aliphatic hydroxyl groups is 4. The second-order valence-electron chi connectivity index (χ2n) is 7.48. The largest absolute Gasteiger partial charge is 0.394 e. The zero-order valence-corrected chi connectivity index (χ0v) is 17.3. The van der Waals surface area contributed by atoms with Crippen molar-refractivity contribution < 1.29 is 38.7 Å². The zero-order chi connectivity index (χ0) is 22.5. The summed E-state index contributed by atoms with van der Waals surface area (Å²) in [5.74, 6) is 0. The summed E-state index contributed by atoms with van der Waals surface area (Å²) >= 11 is 6.34. The second kappa shape index (κ2) is 10.8. The first-order valence-corrected chi connectivity index (χ1v) is 10.2. The van der Waals surface area contributed by atoms with Crippen molar-refractivity contribution in [2.24, 2.45) is 0 Å². The minimum atomic E-state index is -2.78. The number of alkyl halides is 2. The van der Waals surface area contributed by atoms with E-state index >= 15 is 0 Å². The molecule has 5 atom stereocenters. The van der Waals surface area contributed by atoms with Gasteiger partial charge in [-0.25, -0.2) is 0 Å². The smallest absolute Gasteiger partial charge is 0.345 e. The standard InChI is InChI=1S/C22H25ClF2O6/c23-16-6-5-14(21-20(29)19(28)18(27)17(11-26)31-21)10-15(16)9-13-3-1-12(2-4-13)7-8-30-22(24)25/h1-6,10,17-22,26-29H,7-9,11H2/t17-,18-,19?,20-,21+/m1/s1. The monoisotopic (exact) mass is 458 g/mol. The molecule has 1 unspecified atom stereocenters. The lowest BCUT2D eigenvalue weighted by Gasteiger charge is -2.40. The van der Waals surface area contributed by atoms with Crippen LogP contribution in [-0.2, 0) is 22.3 Å². The van der Waals surface area contributed by atoms with Crippen LogP contribution in [0.3, 0.4) is 0 Å². The van der Waals surface area contributed by atoms with E-state index in [-0.39, 0.29) is 6.61 Å². The van der Waals surface area contributed by atoms with E-state index in [0.717, 1.165) is 16.7 Å². The van der Waals surface area contributed by atoms with Crippen molar-refractivity contribution in [1.82, 2.24) is 0 Å². The minimum Gasteiger partial charge on any atom is -0.394 e. The Hall–Kier alpha value is -1.65. The van der Waals surface area contributed by atoms with Crippen LogP contribution in [0, 0.1) is 0 Å². The van der Waals surface area contributed by atoms with Crippen LogP contribution in [0.25, 0.3) is 0 Å². The summed E-state index contributed by atoms with van der Waals surface area (Å²) in [6, 6.07) is 12.5. The molecule has 0 spiro atoms. The number of benzene rings is 2. The van der Waals surface area contributed by atoms with E-state index in [1.807, 2.05) is 24.3 Å². The summed E-state index contributed by atoms with van der Waals surface area (Å²) in [4.78, 5) is 0. The molecule has 9 heteroatoms. The predicted molar refractivity (Wildman–Crippen MR) is 109 cm³/mol. The molecule has 1 aliphatic rings. The molecule has 1 aliphatic heterocycles. The predicted octanol–water partition coefficient (Wildman–Crippen LogP) is 2.23. The van der Waals surface area contributed by atoms with Gasteiger partial charge < -0.3 is 29.9 Å². The van der Waals surface area contributed by atoms with Gasteiger partial charge in [0.25, 0.3) is 0 Å². The number of aliphatic hydroxyl groups excluding tert-OH is 4. The van der Waals surface area contributed by atoms with Gasteiger partial charge in [-0.15, -0.1) is 0 Å². The Labute approximate surface area is 183 Å². The number of ether oxygens (including phenoxy) is 2. The van der Waals surface area contributed by atoms with Crippen LogP contribution in [0.1, 0.15) is 28.4 Å². The highest BCUT2D eigenvalue weighted by atomic mass is 35.5. The van der Waals surface area contributed by atoms with Crippen molar-refractivity contribution in [3.63, 3.8) is 0 Å². The molecule has 1 fully saturated rings. The van der Waals surface area contributed by atoms with Crippen molar-refractivity contribution >= 4 is 11.6 Å². The Morgan fingerprint density at radius 2 is 1.65 bits per heavy atom. The van der Waals surface area contributed by atoms with E-state index in [4.69, 9.17) is 16.3 Å². The molecule has 3 rings (SSSR count). The number of halogens is 3. The molecule has 0 aromatic heterocycles. The zero-order valence-electron chi connectivity index (χ0n) is 16.6. The topological polar surface area (TPSA) is 99.4 Å². The van der Waals surface area contributed by atoms with Gasteiger partial charge in [-0.05, 0) is 41.2 Å². The first-order valence-electron chi connectivity index (χ1n) is 9.86. The summed E-state index contributed by atoms with van der Waals surface area (Å²) in [6.07, 6.45) is -5.35. The van der Waals surface area contributed by atoms with E-state index in [1.165, 1.54) is 0 Å².